The van der Waals surface area contributed by atoms with E-state index >= 15 is 0 Å². The average molecular weight is 460 g/mol. The van der Waals surface area contributed by atoms with Gasteiger partial charge in [0.15, 0.2) is 0 Å². The van der Waals surface area contributed by atoms with Gasteiger partial charge in [-0.3, -0.25) is 4.79 Å². The van der Waals surface area contributed by atoms with Crippen LogP contribution in [0.1, 0.15) is 23.7 Å². The highest BCUT2D eigenvalue weighted by molar-refractivity contribution is 14.1. The number of nitrogens with one attached hydrogen (secondary N) is 1. The zero-order valence-electron chi connectivity index (χ0n) is 11.5. The second kappa shape index (κ2) is 7.79. The van der Waals surface area contributed by atoms with Gasteiger partial charge in [-0.25, -0.2) is 0 Å². The van der Waals surface area contributed by atoms with Gasteiger partial charge in [0.25, 0.3) is 5.91 Å². The number of benzene rings is 2. The first-order valence-corrected chi connectivity index (χ1v) is 8.47. The Labute approximate surface area is 146 Å². The molecule has 2 rings (SSSR count). The number of amides is 1. The number of hydrogen-bond donors (Lipinski definition) is 1. The third-order valence-corrected chi connectivity index (χ3v) is 4.13. The maximum Gasteiger partial charge on any atom is 0.256 e. The van der Waals surface area contributed by atoms with Crippen LogP contribution < -0.4 is 10.1 Å². The predicted octanol–water partition coefficient (Wildman–Crippen LogP) is 5.09. The predicted molar refractivity (Wildman–Crippen MR) is 97.0 cm³/mol. The molecule has 0 radical (unpaired) electrons. The lowest BCUT2D eigenvalue weighted by atomic mass is 10.2. The van der Waals surface area contributed by atoms with Crippen molar-refractivity contribution < 1.29 is 9.53 Å². The first-order chi connectivity index (χ1) is 10.1. The summed E-state index contributed by atoms with van der Waals surface area (Å²) in [5.41, 5.74) is 1.29. The lowest BCUT2D eigenvalue weighted by molar-refractivity contribution is 0.102. The Hall–Kier alpha value is -1.08. The van der Waals surface area contributed by atoms with Gasteiger partial charge in [0.1, 0.15) is 5.75 Å². The summed E-state index contributed by atoms with van der Waals surface area (Å²) in [4.78, 5) is 12.4. The summed E-state index contributed by atoms with van der Waals surface area (Å²) >= 11 is 5.60. The minimum Gasteiger partial charge on any atom is -0.491 e. The molecule has 0 aliphatic heterocycles. The van der Waals surface area contributed by atoms with E-state index in [2.05, 4.69) is 43.8 Å². The van der Waals surface area contributed by atoms with Crippen molar-refractivity contribution in [1.29, 1.82) is 0 Å². The lowest BCUT2D eigenvalue weighted by Crippen LogP contribution is -2.14. The Balaban J connectivity index is 2.21. The molecule has 0 aromatic heterocycles. The van der Waals surface area contributed by atoms with Crippen LogP contribution in [0.3, 0.4) is 0 Å². The van der Waals surface area contributed by atoms with E-state index in [-0.39, 0.29) is 5.91 Å². The van der Waals surface area contributed by atoms with Gasteiger partial charge >= 0.3 is 0 Å². The van der Waals surface area contributed by atoms with Crippen LogP contribution in [0, 0.1) is 3.57 Å². The van der Waals surface area contributed by atoms with E-state index in [9.17, 15) is 4.79 Å². The maximum atomic E-state index is 12.4. The molecule has 0 fully saturated rings. The van der Waals surface area contributed by atoms with E-state index in [1.807, 2.05) is 49.4 Å². The van der Waals surface area contributed by atoms with Crippen LogP contribution in [-0.2, 0) is 0 Å². The third kappa shape index (κ3) is 4.44. The van der Waals surface area contributed by atoms with Crippen LogP contribution in [0.15, 0.2) is 46.9 Å². The molecule has 21 heavy (non-hydrogen) atoms. The first-order valence-electron chi connectivity index (χ1n) is 6.60. The highest BCUT2D eigenvalue weighted by atomic mass is 127. The Bertz CT molecular complexity index is 646. The normalized spacial score (nSPS) is 10.2. The summed E-state index contributed by atoms with van der Waals surface area (Å²) in [6.07, 6.45) is 0.921. The number of para-hydroxylation sites is 2. The summed E-state index contributed by atoms with van der Waals surface area (Å²) in [6, 6.07) is 13.1. The molecule has 0 aliphatic rings. The minimum atomic E-state index is -0.159. The lowest BCUT2D eigenvalue weighted by Gasteiger charge is -2.12. The molecule has 3 nitrogen and oxygen atoms in total. The molecule has 2 aromatic carbocycles. The van der Waals surface area contributed by atoms with E-state index in [4.69, 9.17) is 4.74 Å². The van der Waals surface area contributed by atoms with Crippen LogP contribution in [-0.4, -0.2) is 12.5 Å². The summed E-state index contributed by atoms with van der Waals surface area (Å²) in [7, 11) is 0. The van der Waals surface area contributed by atoms with Crippen molar-refractivity contribution in [2.75, 3.05) is 11.9 Å². The van der Waals surface area contributed by atoms with E-state index in [1.165, 1.54) is 0 Å². The van der Waals surface area contributed by atoms with Gasteiger partial charge in [-0.15, -0.1) is 0 Å². The molecule has 0 heterocycles. The molecular formula is C16H15BrINO2. The zero-order valence-corrected chi connectivity index (χ0v) is 15.3. The molecular weight excluding hydrogens is 445 g/mol. The molecule has 0 bridgehead atoms. The molecule has 0 unspecified atom stereocenters. The van der Waals surface area contributed by atoms with Gasteiger partial charge in [0.2, 0.25) is 0 Å². The first kappa shape index (κ1) is 16.3. The quantitative estimate of drug-likeness (QED) is 0.632. The fourth-order valence-electron chi connectivity index (χ4n) is 1.77. The maximum absolute atomic E-state index is 12.4. The highest BCUT2D eigenvalue weighted by Crippen LogP contribution is 2.26. The van der Waals surface area contributed by atoms with Gasteiger partial charge in [0.05, 0.1) is 17.9 Å². The molecule has 0 atom stereocenters. The van der Waals surface area contributed by atoms with E-state index < -0.39 is 0 Å². The summed E-state index contributed by atoms with van der Waals surface area (Å²) < 4.78 is 7.43. The topological polar surface area (TPSA) is 38.3 Å². The van der Waals surface area contributed by atoms with Crippen LogP contribution in [0.5, 0.6) is 5.75 Å². The summed E-state index contributed by atoms with van der Waals surface area (Å²) in [6.45, 7) is 2.67. The Morgan fingerprint density at radius 1 is 1.29 bits per heavy atom. The zero-order chi connectivity index (χ0) is 15.2. The fourth-order valence-corrected chi connectivity index (χ4v) is 2.69. The number of carbonyl (C=O) groups excluding carboxylic acids is 1. The van der Waals surface area contributed by atoms with Gasteiger partial charge in [-0.1, -0.05) is 19.1 Å². The van der Waals surface area contributed by atoms with E-state index in [0.717, 1.165) is 14.5 Å². The second-order valence-electron chi connectivity index (χ2n) is 4.42. The van der Waals surface area contributed by atoms with Crippen molar-refractivity contribution in [3.05, 3.63) is 56.1 Å². The van der Waals surface area contributed by atoms with E-state index in [1.54, 1.807) is 0 Å². The molecule has 0 spiro atoms. The monoisotopic (exact) mass is 459 g/mol. The molecule has 1 amide bonds. The number of halogens is 2. The van der Waals surface area contributed by atoms with Gasteiger partial charge in [-0.2, -0.15) is 0 Å². The molecule has 5 heteroatoms. The van der Waals surface area contributed by atoms with Gasteiger partial charge < -0.3 is 10.1 Å². The molecule has 0 aliphatic carbocycles. The molecule has 1 N–H and O–H groups in total. The second-order valence-corrected chi connectivity index (χ2v) is 6.52. The van der Waals surface area contributed by atoms with Crippen LogP contribution in [0.4, 0.5) is 5.69 Å². The largest absolute Gasteiger partial charge is 0.491 e. The SMILES string of the molecule is CCCOc1ccccc1NC(=O)c1cc(I)ccc1Br. The Kier molecular flexibility index (Phi) is 6.05. The smallest absolute Gasteiger partial charge is 0.256 e. The number of rotatable bonds is 5. The van der Waals surface area contributed by atoms with Gasteiger partial charge in [-0.05, 0) is 75.3 Å². The number of ether oxygens (including phenoxy) is 1. The van der Waals surface area contributed by atoms with Crippen molar-refractivity contribution >= 4 is 50.1 Å². The van der Waals surface area contributed by atoms with Crippen LogP contribution >= 0.6 is 38.5 Å². The standard InChI is InChI=1S/C16H15BrINO2/c1-2-9-21-15-6-4-3-5-14(15)19-16(20)12-10-11(18)7-8-13(12)17/h3-8,10H,2,9H2,1H3,(H,19,20). The van der Waals surface area contributed by atoms with Crippen molar-refractivity contribution in [1.82, 2.24) is 0 Å². The van der Waals surface area contributed by atoms with E-state index in [0.29, 0.717) is 23.6 Å². The molecule has 2 aromatic rings. The summed E-state index contributed by atoms with van der Waals surface area (Å²) in [5, 5.41) is 2.91. The van der Waals surface area contributed by atoms with Crippen molar-refractivity contribution in [3.63, 3.8) is 0 Å². The van der Waals surface area contributed by atoms with Crippen molar-refractivity contribution in [2.24, 2.45) is 0 Å². The molecule has 0 saturated heterocycles. The summed E-state index contributed by atoms with van der Waals surface area (Å²) in [5.74, 6) is 0.530. The third-order valence-electron chi connectivity index (χ3n) is 2.77. The molecule has 0 saturated carbocycles. The fraction of sp³-hybridized carbons (Fsp3) is 0.188. The number of carbonyl (C=O) groups is 1. The van der Waals surface area contributed by atoms with Gasteiger partial charge in [0, 0.05) is 8.04 Å². The molecule has 110 valence electrons. The average Bonchev–Trinajstić information content (AvgIpc) is 2.48. The van der Waals surface area contributed by atoms with Crippen molar-refractivity contribution in [2.45, 2.75) is 13.3 Å². The highest BCUT2D eigenvalue weighted by Gasteiger charge is 2.13. The van der Waals surface area contributed by atoms with Crippen LogP contribution in [0.25, 0.3) is 0 Å². The van der Waals surface area contributed by atoms with Crippen molar-refractivity contribution in [3.8, 4) is 5.75 Å². The minimum absolute atomic E-state index is 0.159. The Morgan fingerprint density at radius 2 is 2.05 bits per heavy atom. The van der Waals surface area contributed by atoms with Crippen LogP contribution in [0.2, 0.25) is 0 Å². The Morgan fingerprint density at radius 3 is 2.81 bits per heavy atom. The number of hydrogen-bond acceptors (Lipinski definition) is 2. The number of anilines is 1.